The Balaban J connectivity index is 2.25. The van der Waals surface area contributed by atoms with E-state index in [1.165, 1.54) is 6.33 Å². The average Bonchev–Trinajstić information content (AvgIpc) is 2.69. The lowest BCUT2D eigenvalue weighted by Crippen LogP contribution is -2.08. The highest BCUT2D eigenvalue weighted by Crippen LogP contribution is 2.22. The van der Waals surface area contributed by atoms with Gasteiger partial charge in [-0.15, -0.1) is 0 Å². The van der Waals surface area contributed by atoms with Crippen molar-refractivity contribution in [1.29, 1.82) is 0 Å². The molecule has 3 heterocycles. The van der Waals surface area contributed by atoms with Crippen molar-refractivity contribution >= 4 is 28.0 Å². The molecule has 98 valence electrons. The lowest BCUT2D eigenvalue weighted by molar-refractivity contribution is 0.311. The highest BCUT2D eigenvalue weighted by atomic mass is 16.3. The van der Waals surface area contributed by atoms with Crippen LogP contribution in [-0.4, -0.2) is 42.8 Å². The molecule has 0 atom stereocenters. The Labute approximate surface area is 109 Å². The van der Waals surface area contributed by atoms with Gasteiger partial charge in [0.15, 0.2) is 11.3 Å². The number of rotatable bonds is 3. The Hall–Kier alpha value is -2.28. The van der Waals surface area contributed by atoms with Gasteiger partial charge in [-0.2, -0.15) is 0 Å². The van der Waals surface area contributed by atoms with Crippen LogP contribution < -0.4 is 5.32 Å². The van der Waals surface area contributed by atoms with Crippen molar-refractivity contribution < 1.29 is 5.11 Å². The predicted octanol–water partition coefficient (Wildman–Crippen LogP) is 0.624. The SMILES string of the molecule is Cc1nc2cc3c(NCCO)ncnc3nc2n1C. The van der Waals surface area contributed by atoms with E-state index in [9.17, 15) is 0 Å². The number of pyridine rings is 1. The largest absolute Gasteiger partial charge is 0.395 e. The summed E-state index contributed by atoms with van der Waals surface area (Å²) < 4.78 is 1.93. The molecule has 3 rings (SSSR count). The molecule has 0 spiro atoms. The van der Waals surface area contributed by atoms with Crippen LogP contribution in [0.3, 0.4) is 0 Å². The van der Waals surface area contributed by atoms with Gasteiger partial charge >= 0.3 is 0 Å². The number of aryl methyl sites for hydroxylation is 2. The molecule has 0 saturated carbocycles. The maximum absolute atomic E-state index is 8.87. The van der Waals surface area contributed by atoms with E-state index in [-0.39, 0.29) is 6.61 Å². The summed E-state index contributed by atoms with van der Waals surface area (Å²) in [5.74, 6) is 1.56. The second kappa shape index (κ2) is 4.43. The third kappa shape index (κ3) is 1.88. The topological polar surface area (TPSA) is 88.8 Å². The lowest BCUT2D eigenvalue weighted by Gasteiger charge is -2.06. The fourth-order valence-corrected chi connectivity index (χ4v) is 2.01. The molecule has 0 aliphatic carbocycles. The number of anilines is 1. The number of imidazole rings is 1. The molecule has 3 aromatic heterocycles. The molecule has 0 aliphatic heterocycles. The van der Waals surface area contributed by atoms with Gasteiger partial charge in [0.2, 0.25) is 0 Å². The minimum Gasteiger partial charge on any atom is -0.395 e. The van der Waals surface area contributed by atoms with Crippen molar-refractivity contribution in [1.82, 2.24) is 24.5 Å². The second-order valence-electron chi connectivity index (χ2n) is 4.29. The van der Waals surface area contributed by atoms with Gasteiger partial charge in [-0.1, -0.05) is 0 Å². The molecule has 0 aliphatic rings. The van der Waals surface area contributed by atoms with Crippen LogP contribution in [0.25, 0.3) is 22.2 Å². The summed E-state index contributed by atoms with van der Waals surface area (Å²) in [6, 6.07) is 1.92. The minimum atomic E-state index is 0.0455. The van der Waals surface area contributed by atoms with E-state index in [4.69, 9.17) is 5.11 Å². The molecule has 0 bridgehead atoms. The summed E-state index contributed by atoms with van der Waals surface area (Å²) in [5.41, 5.74) is 2.23. The quantitative estimate of drug-likeness (QED) is 0.716. The maximum atomic E-state index is 8.87. The fraction of sp³-hybridized carbons (Fsp3) is 0.333. The normalized spacial score (nSPS) is 11.3. The highest BCUT2D eigenvalue weighted by molar-refractivity contribution is 5.94. The average molecular weight is 258 g/mol. The molecule has 0 amide bonds. The van der Waals surface area contributed by atoms with Gasteiger partial charge in [0, 0.05) is 13.6 Å². The summed E-state index contributed by atoms with van der Waals surface area (Å²) in [6.07, 6.45) is 1.46. The second-order valence-corrected chi connectivity index (χ2v) is 4.29. The van der Waals surface area contributed by atoms with Crippen molar-refractivity contribution in [2.24, 2.45) is 7.05 Å². The van der Waals surface area contributed by atoms with Crippen molar-refractivity contribution in [2.75, 3.05) is 18.5 Å². The molecule has 0 aromatic carbocycles. The fourth-order valence-electron chi connectivity index (χ4n) is 2.01. The monoisotopic (exact) mass is 258 g/mol. The van der Waals surface area contributed by atoms with Gasteiger partial charge in [0.1, 0.15) is 23.5 Å². The maximum Gasteiger partial charge on any atom is 0.167 e. The summed E-state index contributed by atoms with van der Waals surface area (Å²) in [6.45, 7) is 2.41. The first-order chi connectivity index (χ1) is 9.20. The van der Waals surface area contributed by atoms with E-state index < -0.39 is 0 Å². The number of hydrogen-bond acceptors (Lipinski definition) is 6. The Morgan fingerprint density at radius 2 is 2.16 bits per heavy atom. The number of aliphatic hydroxyl groups is 1. The molecule has 3 aromatic rings. The van der Waals surface area contributed by atoms with Crippen molar-refractivity contribution in [3.63, 3.8) is 0 Å². The molecule has 0 unspecified atom stereocenters. The number of nitrogens with zero attached hydrogens (tertiary/aromatic N) is 5. The van der Waals surface area contributed by atoms with Crippen molar-refractivity contribution in [2.45, 2.75) is 6.92 Å². The zero-order valence-electron chi connectivity index (χ0n) is 10.8. The molecule has 19 heavy (non-hydrogen) atoms. The molecule has 7 heteroatoms. The van der Waals surface area contributed by atoms with Crippen LogP contribution in [0.1, 0.15) is 5.82 Å². The molecular weight excluding hydrogens is 244 g/mol. The van der Waals surface area contributed by atoms with Gasteiger partial charge in [-0.25, -0.2) is 19.9 Å². The lowest BCUT2D eigenvalue weighted by atomic mass is 10.3. The van der Waals surface area contributed by atoms with Crippen LogP contribution in [0, 0.1) is 6.92 Å². The zero-order chi connectivity index (χ0) is 13.4. The van der Waals surface area contributed by atoms with E-state index in [2.05, 4.69) is 25.3 Å². The number of aromatic nitrogens is 5. The molecular formula is C12H14N6O. The Bertz CT molecular complexity index is 751. The van der Waals surface area contributed by atoms with Crippen LogP contribution in [-0.2, 0) is 7.05 Å². The van der Waals surface area contributed by atoms with Gasteiger partial charge in [-0.3, -0.25) is 0 Å². The summed E-state index contributed by atoms with van der Waals surface area (Å²) in [4.78, 5) is 17.3. The van der Waals surface area contributed by atoms with Crippen LogP contribution in [0.15, 0.2) is 12.4 Å². The Morgan fingerprint density at radius 3 is 2.95 bits per heavy atom. The third-order valence-corrected chi connectivity index (χ3v) is 3.07. The van der Waals surface area contributed by atoms with Crippen LogP contribution in [0.4, 0.5) is 5.82 Å². The minimum absolute atomic E-state index is 0.0455. The first-order valence-corrected chi connectivity index (χ1v) is 6.00. The third-order valence-electron chi connectivity index (χ3n) is 3.07. The standard InChI is InChI=1S/C12H14N6O/c1-7-16-9-5-8-10(13-3-4-19)14-6-15-11(8)17-12(9)18(7)2/h5-6,19H,3-4H2,1-2H3,(H,13,14,15,17). The number of fused-ring (bicyclic) bond motifs is 2. The number of aliphatic hydroxyl groups excluding tert-OH is 1. The van der Waals surface area contributed by atoms with Crippen molar-refractivity contribution in [3.8, 4) is 0 Å². The number of hydrogen-bond donors (Lipinski definition) is 2. The summed E-state index contributed by atoms with van der Waals surface area (Å²) in [7, 11) is 1.93. The van der Waals surface area contributed by atoms with Crippen molar-refractivity contribution in [3.05, 3.63) is 18.2 Å². The van der Waals surface area contributed by atoms with Crippen LogP contribution in [0.2, 0.25) is 0 Å². The Morgan fingerprint density at radius 1 is 1.32 bits per heavy atom. The molecule has 2 N–H and O–H groups in total. The smallest absolute Gasteiger partial charge is 0.167 e. The van der Waals surface area contributed by atoms with E-state index in [1.807, 2.05) is 24.6 Å². The molecule has 0 radical (unpaired) electrons. The first kappa shape index (κ1) is 11.8. The molecule has 0 saturated heterocycles. The predicted molar refractivity (Wildman–Crippen MR) is 71.9 cm³/mol. The van der Waals surface area contributed by atoms with Crippen LogP contribution in [0.5, 0.6) is 0 Å². The van der Waals surface area contributed by atoms with E-state index >= 15 is 0 Å². The van der Waals surface area contributed by atoms with Gasteiger partial charge < -0.3 is 15.0 Å². The van der Waals surface area contributed by atoms with Gasteiger partial charge in [-0.05, 0) is 13.0 Å². The van der Waals surface area contributed by atoms with Gasteiger partial charge in [0.25, 0.3) is 0 Å². The van der Waals surface area contributed by atoms with Gasteiger partial charge in [0.05, 0.1) is 12.0 Å². The summed E-state index contributed by atoms with van der Waals surface area (Å²) >= 11 is 0. The van der Waals surface area contributed by atoms with Crippen LogP contribution >= 0.6 is 0 Å². The first-order valence-electron chi connectivity index (χ1n) is 6.00. The highest BCUT2D eigenvalue weighted by Gasteiger charge is 2.11. The Kier molecular flexibility index (Phi) is 2.75. The van der Waals surface area contributed by atoms with E-state index in [0.717, 1.165) is 22.4 Å². The van der Waals surface area contributed by atoms with E-state index in [1.54, 1.807) is 0 Å². The zero-order valence-corrected chi connectivity index (χ0v) is 10.8. The summed E-state index contributed by atoms with van der Waals surface area (Å²) in [5, 5.41) is 12.7. The molecule has 0 fully saturated rings. The van der Waals surface area contributed by atoms with E-state index in [0.29, 0.717) is 18.0 Å². The number of nitrogens with one attached hydrogen (secondary N) is 1. The molecule has 7 nitrogen and oxygen atoms in total.